The second-order valence-electron chi connectivity index (χ2n) is 22.1. The monoisotopic (exact) mass is 1260 g/mol. The summed E-state index contributed by atoms with van der Waals surface area (Å²) in [5, 5.41) is 20.0. The maximum atomic E-state index is 13.5. The zero-order valence-corrected chi connectivity index (χ0v) is 49.9. The van der Waals surface area contributed by atoms with Gasteiger partial charge in [-0.1, -0.05) is 111 Å². The maximum absolute atomic E-state index is 13.5. The van der Waals surface area contributed by atoms with Crippen LogP contribution in [0.4, 0.5) is 17.6 Å². The highest BCUT2D eigenvalue weighted by Gasteiger charge is 2.30. The first kappa shape index (κ1) is 56.9. The van der Waals surface area contributed by atoms with Crippen molar-refractivity contribution in [3.63, 3.8) is 0 Å². The zero-order valence-electron chi connectivity index (χ0n) is 46.1. The number of nitrogens with one attached hydrogen (secondary N) is 8. The number of benzene rings is 8. The van der Waals surface area contributed by atoms with Gasteiger partial charge in [-0.25, -0.2) is 17.6 Å². The molecule has 4 aliphatic rings. The van der Waals surface area contributed by atoms with Crippen LogP contribution in [0.5, 0.6) is 0 Å². The third-order valence-corrected chi connectivity index (χ3v) is 18.1. The first-order valence-corrected chi connectivity index (χ1v) is 30.4. The molecule has 0 saturated carbocycles. The van der Waals surface area contributed by atoms with Gasteiger partial charge in [0.15, 0.2) is 0 Å². The molecule has 0 amide bonds. The van der Waals surface area contributed by atoms with Gasteiger partial charge < -0.3 is 41.2 Å². The molecule has 4 aromatic heterocycles. The number of halogens is 8. The molecule has 0 radical (unpaired) electrons. The summed E-state index contributed by atoms with van der Waals surface area (Å²) in [4.78, 5) is 13.8. The lowest BCUT2D eigenvalue weighted by Gasteiger charge is -2.25. The predicted octanol–water partition coefficient (Wildman–Crippen LogP) is 17.2. The van der Waals surface area contributed by atoms with E-state index in [9.17, 15) is 17.6 Å². The molecule has 12 aromatic rings. The Kier molecular flexibility index (Phi) is 16.3. The molecule has 4 aliphatic heterocycles. The van der Waals surface area contributed by atoms with E-state index in [-0.39, 0.29) is 47.4 Å². The molecule has 0 bridgehead atoms. The van der Waals surface area contributed by atoms with Crippen molar-refractivity contribution in [1.29, 1.82) is 0 Å². The van der Waals surface area contributed by atoms with E-state index in [0.29, 0.717) is 10.0 Å². The molecule has 0 saturated heterocycles. The second-order valence-corrected chi connectivity index (χ2v) is 24.3. The summed E-state index contributed by atoms with van der Waals surface area (Å²) >= 11 is 21.8. The van der Waals surface area contributed by atoms with Gasteiger partial charge in [0.05, 0.1) is 24.2 Å². The van der Waals surface area contributed by atoms with E-state index >= 15 is 0 Å². The van der Waals surface area contributed by atoms with Gasteiger partial charge >= 0.3 is 0 Å². The normalized spacial score (nSPS) is 17.8. The van der Waals surface area contributed by atoms with Gasteiger partial charge in [-0.2, -0.15) is 0 Å². The molecule has 8 aromatic carbocycles. The van der Waals surface area contributed by atoms with E-state index < -0.39 is 0 Å². The number of hydrogen-bond acceptors (Lipinski definition) is 4. The van der Waals surface area contributed by atoms with Crippen LogP contribution in [0.1, 0.15) is 97.0 Å². The van der Waals surface area contributed by atoms with Crippen molar-refractivity contribution in [2.24, 2.45) is 0 Å². The fourth-order valence-electron chi connectivity index (χ4n) is 12.7. The van der Waals surface area contributed by atoms with E-state index in [2.05, 4.69) is 100 Å². The average molecular weight is 1260 g/mol. The number of fused-ring (bicyclic) bond motifs is 12. The van der Waals surface area contributed by atoms with Crippen molar-refractivity contribution >= 4 is 94.3 Å². The van der Waals surface area contributed by atoms with Crippen LogP contribution < -0.4 is 21.3 Å². The average Bonchev–Trinajstić information content (AvgIpc) is 3.27. The topological polar surface area (TPSA) is 111 Å². The van der Waals surface area contributed by atoms with Gasteiger partial charge in [-0.05, 0) is 186 Å². The highest BCUT2D eigenvalue weighted by molar-refractivity contribution is 9.10. The van der Waals surface area contributed by atoms with Crippen molar-refractivity contribution < 1.29 is 17.6 Å². The standard InChI is InChI=1S/C18H17FN2.C17H14BrFN2.C17H13Cl2FN2.C17H14ClFN2/c1-11-2-4-12(5-3-11)17-18-14(8-9-20-17)15-10-13(19)6-7-16(15)21-18;18-11-3-1-10(2-4-11)16-17-13(7-8-20-16)14-9-12(19)5-6-15(14)21-17;18-9-1-3-12(14(19)7-9)16-17-11(5-6-21-16)13-8-10(20)2-4-15(13)22-17;18-11-3-1-10(2-4-11)16-17-13(7-8-20-16)14-9-12(19)5-6-15(14)21-17/h2-7,10,17,20-21H,8-9H2,1H3;1-6,9,16,20-21H,7-8H2;1-4,7-8,16,21-22H,5-6H2;1-6,9,16,20-21H,7-8H2. The van der Waals surface area contributed by atoms with E-state index in [0.717, 1.165) is 139 Å². The molecule has 430 valence electrons. The molecule has 0 spiro atoms. The zero-order chi connectivity index (χ0) is 58.5. The number of hydrogen-bond donors (Lipinski definition) is 8. The Morgan fingerprint density at radius 1 is 0.365 bits per heavy atom. The molecule has 0 aliphatic carbocycles. The van der Waals surface area contributed by atoms with Crippen LogP contribution in [0.3, 0.4) is 0 Å². The van der Waals surface area contributed by atoms with Crippen LogP contribution in [-0.4, -0.2) is 46.1 Å². The molecule has 8 nitrogen and oxygen atoms in total. The van der Waals surface area contributed by atoms with Crippen LogP contribution in [0.25, 0.3) is 43.6 Å². The highest BCUT2D eigenvalue weighted by atomic mass is 79.9. The summed E-state index contributed by atoms with van der Waals surface area (Å²) in [6.07, 6.45) is 3.62. The summed E-state index contributed by atoms with van der Waals surface area (Å²) < 4.78 is 55.2. The van der Waals surface area contributed by atoms with Crippen molar-refractivity contribution in [3.8, 4) is 0 Å². The summed E-state index contributed by atoms with van der Waals surface area (Å²) in [5.41, 5.74) is 19.2. The summed E-state index contributed by atoms with van der Waals surface area (Å²) in [6, 6.07) is 50.4. The van der Waals surface area contributed by atoms with Crippen LogP contribution >= 0.6 is 50.7 Å². The Labute approximate surface area is 512 Å². The minimum atomic E-state index is -0.214. The smallest absolute Gasteiger partial charge is 0.123 e. The number of aromatic amines is 4. The lowest BCUT2D eigenvalue weighted by Crippen LogP contribution is -2.30. The van der Waals surface area contributed by atoms with Crippen LogP contribution in [0.2, 0.25) is 15.1 Å². The largest absolute Gasteiger partial charge is 0.357 e. The van der Waals surface area contributed by atoms with Crippen LogP contribution in [-0.2, 0) is 25.7 Å². The van der Waals surface area contributed by atoms with Crippen molar-refractivity contribution in [3.05, 3.63) is 279 Å². The molecule has 0 fully saturated rings. The van der Waals surface area contributed by atoms with E-state index in [1.165, 1.54) is 63.3 Å². The van der Waals surface area contributed by atoms with Gasteiger partial charge in [0.2, 0.25) is 0 Å². The predicted molar refractivity (Wildman–Crippen MR) is 340 cm³/mol. The Balaban J connectivity index is 0.000000105. The minimum Gasteiger partial charge on any atom is -0.357 e. The van der Waals surface area contributed by atoms with Gasteiger partial charge in [0.25, 0.3) is 0 Å². The van der Waals surface area contributed by atoms with Crippen molar-refractivity contribution in [2.75, 3.05) is 26.2 Å². The molecule has 4 unspecified atom stereocenters. The molecule has 16 rings (SSSR count). The quantitative estimate of drug-likeness (QED) is 0.0840. The third kappa shape index (κ3) is 11.7. The van der Waals surface area contributed by atoms with Gasteiger partial charge in [-0.15, -0.1) is 0 Å². The van der Waals surface area contributed by atoms with E-state index in [1.54, 1.807) is 36.4 Å². The first-order valence-electron chi connectivity index (χ1n) is 28.5. The Morgan fingerprint density at radius 2 is 0.682 bits per heavy atom. The minimum absolute atomic E-state index is 0.0380. The Morgan fingerprint density at radius 3 is 1.05 bits per heavy atom. The highest BCUT2D eigenvalue weighted by Crippen LogP contribution is 2.40. The molecule has 4 atom stereocenters. The number of rotatable bonds is 4. The Hall–Kier alpha value is -7.17. The summed E-state index contributed by atoms with van der Waals surface area (Å²) in [5.74, 6) is -0.752. The Bertz CT molecular complexity index is 4090. The molecular weight excluding hydrogens is 1200 g/mol. The molecule has 16 heteroatoms. The van der Waals surface area contributed by atoms with E-state index in [1.807, 2.05) is 66.7 Å². The maximum Gasteiger partial charge on any atom is 0.123 e. The lowest BCUT2D eigenvalue weighted by atomic mass is 9.94. The summed E-state index contributed by atoms with van der Waals surface area (Å²) in [6.45, 7) is 5.60. The SMILES string of the molecule is Cc1ccc(C2NCCc3c2[nH]c2ccc(F)cc32)cc1.Fc1ccc2[nH]c3c(c2c1)CCNC3c1ccc(Br)cc1.Fc1ccc2[nH]c3c(c2c1)CCNC3c1ccc(Cl)cc1.Fc1ccc2[nH]c3c(c2c1)CCNC3c1ccc(Cl)cc1Cl. The lowest BCUT2D eigenvalue weighted by molar-refractivity contribution is 0.560. The number of aromatic nitrogens is 4. The first-order chi connectivity index (χ1) is 41.3. The van der Waals surface area contributed by atoms with Gasteiger partial charge in [0.1, 0.15) is 23.3 Å². The van der Waals surface area contributed by atoms with Crippen molar-refractivity contribution in [1.82, 2.24) is 41.2 Å². The fraction of sp³-hybridized carbons (Fsp3) is 0.188. The number of H-pyrrole nitrogens is 4. The number of aryl methyl sites for hydroxylation is 1. The second kappa shape index (κ2) is 24.3. The fourth-order valence-corrected chi connectivity index (χ4v) is 13.6. The van der Waals surface area contributed by atoms with Gasteiger partial charge in [-0.3, -0.25) is 0 Å². The van der Waals surface area contributed by atoms with Crippen LogP contribution in [0.15, 0.2) is 168 Å². The third-order valence-electron chi connectivity index (χ3n) is 16.7. The summed E-state index contributed by atoms with van der Waals surface area (Å²) in [7, 11) is 0. The molecular formula is C69H58BrCl3F4N8. The van der Waals surface area contributed by atoms with Crippen LogP contribution in [0, 0.1) is 30.2 Å². The molecule has 85 heavy (non-hydrogen) atoms. The molecule has 8 N–H and O–H groups in total. The van der Waals surface area contributed by atoms with Crippen molar-refractivity contribution in [2.45, 2.75) is 56.8 Å². The molecule has 8 heterocycles. The van der Waals surface area contributed by atoms with E-state index in [4.69, 9.17) is 34.8 Å². The van der Waals surface area contributed by atoms with Gasteiger partial charge in [0, 0.05) is 112 Å².